The van der Waals surface area contributed by atoms with Gasteiger partial charge in [-0.05, 0) is 12.1 Å². The normalized spacial score (nSPS) is 26.6. The third kappa shape index (κ3) is 5.47. The second-order valence-corrected chi connectivity index (χ2v) is 11.1. The number of hydrogen-bond acceptors (Lipinski definition) is 13. The molecule has 14 nitrogen and oxygen atoms in total. The number of aliphatic hydroxyl groups excluding tert-OH is 4. The summed E-state index contributed by atoms with van der Waals surface area (Å²) in [6, 6.07) is 4.46. The largest absolute Gasteiger partial charge is 0.496 e. The summed E-state index contributed by atoms with van der Waals surface area (Å²) >= 11 is 0.482. The minimum Gasteiger partial charge on any atom is -0.496 e. The summed E-state index contributed by atoms with van der Waals surface area (Å²) in [7, 11) is -7.67. The van der Waals surface area contributed by atoms with Crippen molar-refractivity contribution in [2.75, 3.05) is 20.0 Å². The number of thioether (sulfide) groups is 1. The van der Waals surface area contributed by atoms with Crippen LogP contribution in [0.1, 0.15) is 5.56 Å². The SMILES string of the molecule is COc1cccc2c1c(/C(=N\OS(=O)(=O)O)S[C@@H]1O[C@H](CO)[C@@H](O)[C@H](O)[C@H]1O)cn2S(C)(=O)=O. The number of oxime groups is 1. The molecule has 0 unspecified atom stereocenters. The lowest BCUT2D eigenvalue weighted by Gasteiger charge is -2.39. The molecular weight excluding hydrogens is 520 g/mol. The molecule has 0 amide bonds. The van der Waals surface area contributed by atoms with Crippen LogP contribution in [-0.2, 0) is 29.4 Å². The van der Waals surface area contributed by atoms with E-state index < -0.39 is 61.9 Å². The second kappa shape index (κ2) is 9.96. The van der Waals surface area contributed by atoms with Gasteiger partial charge in [-0.3, -0.25) is 4.55 Å². The van der Waals surface area contributed by atoms with E-state index in [0.717, 1.165) is 16.4 Å². The molecule has 1 fully saturated rings. The van der Waals surface area contributed by atoms with Gasteiger partial charge in [-0.1, -0.05) is 23.0 Å². The highest BCUT2D eigenvalue weighted by Gasteiger charge is 2.44. The molecule has 1 aromatic carbocycles. The van der Waals surface area contributed by atoms with Gasteiger partial charge in [-0.15, -0.1) is 0 Å². The summed E-state index contributed by atoms with van der Waals surface area (Å²) in [6.45, 7) is -0.725. The van der Waals surface area contributed by atoms with E-state index in [-0.39, 0.29) is 22.2 Å². The van der Waals surface area contributed by atoms with Crippen molar-refractivity contribution in [1.82, 2.24) is 3.97 Å². The van der Waals surface area contributed by atoms with Gasteiger partial charge in [0.25, 0.3) is 0 Å². The average molecular weight is 543 g/mol. The highest BCUT2D eigenvalue weighted by molar-refractivity contribution is 8.14. The first-order valence-electron chi connectivity index (χ1n) is 9.38. The Balaban J connectivity index is 2.19. The standard InChI is InChI=1S/C17H22N2O12S3/c1-29-10-5-3-4-9-12(10)8(6-19(9)33(2,24)25)16(18-31-34(26,27)28)32-17-15(23)14(22)13(21)11(7-20)30-17/h3-6,11,13-15,17,20-23H,7H2,1-2H3,(H,26,27,28)/b18-16+/t11-,13-,14+,15-,17+/m1/s1. The molecule has 0 saturated carbocycles. The highest BCUT2D eigenvalue weighted by Crippen LogP contribution is 2.37. The van der Waals surface area contributed by atoms with Crippen molar-refractivity contribution in [2.24, 2.45) is 5.16 Å². The maximum atomic E-state index is 12.4. The first kappa shape index (κ1) is 26.6. The minimum atomic E-state index is -5.10. The van der Waals surface area contributed by atoms with Gasteiger partial charge >= 0.3 is 10.4 Å². The smallest absolute Gasteiger partial charge is 0.466 e. The van der Waals surface area contributed by atoms with Crippen LogP contribution in [0, 0.1) is 0 Å². The van der Waals surface area contributed by atoms with Crippen LogP contribution < -0.4 is 4.74 Å². The predicted octanol–water partition coefficient (Wildman–Crippen LogP) is -1.53. The Labute approximate surface area is 198 Å². The van der Waals surface area contributed by atoms with Crippen molar-refractivity contribution in [1.29, 1.82) is 0 Å². The third-order valence-electron chi connectivity index (χ3n) is 4.86. The van der Waals surface area contributed by atoms with Crippen molar-refractivity contribution in [3.63, 3.8) is 0 Å². The minimum absolute atomic E-state index is 0.0523. The van der Waals surface area contributed by atoms with Crippen LogP contribution in [-0.4, -0.2) is 101 Å². The molecule has 0 bridgehead atoms. The van der Waals surface area contributed by atoms with Gasteiger partial charge in [0.05, 0.1) is 30.9 Å². The van der Waals surface area contributed by atoms with Crippen LogP contribution in [0.3, 0.4) is 0 Å². The van der Waals surface area contributed by atoms with Gasteiger partial charge in [-0.25, -0.2) is 16.7 Å². The summed E-state index contributed by atoms with van der Waals surface area (Å²) in [4.78, 5) is 0. The average Bonchev–Trinajstić information content (AvgIpc) is 3.16. The Hall–Kier alpha value is -1.96. The van der Waals surface area contributed by atoms with E-state index in [1.165, 1.54) is 25.3 Å². The van der Waals surface area contributed by atoms with E-state index >= 15 is 0 Å². The summed E-state index contributed by atoms with van der Waals surface area (Å²) in [5.41, 5.74) is -1.36. The lowest BCUT2D eigenvalue weighted by molar-refractivity contribution is -0.205. The topological polar surface area (TPSA) is 214 Å². The van der Waals surface area contributed by atoms with Crippen LogP contribution in [0.5, 0.6) is 5.75 Å². The lowest BCUT2D eigenvalue weighted by Crippen LogP contribution is -2.57. The van der Waals surface area contributed by atoms with E-state index in [1.54, 1.807) is 0 Å². The van der Waals surface area contributed by atoms with Gasteiger partial charge in [0.1, 0.15) is 40.6 Å². The second-order valence-electron chi connectivity index (χ2n) is 7.17. The molecule has 34 heavy (non-hydrogen) atoms. The third-order valence-corrected chi connectivity index (χ3v) is 7.28. The van der Waals surface area contributed by atoms with Crippen LogP contribution in [0.15, 0.2) is 29.6 Å². The number of methoxy groups -OCH3 is 1. The van der Waals surface area contributed by atoms with Gasteiger partial charge in [0.2, 0.25) is 10.0 Å². The molecule has 5 N–H and O–H groups in total. The molecule has 5 atom stereocenters. The first-order chi connectivity index (χ1) is 15.8. The van der Waals surface area contributed by atoms with Gasteiger partial charge in [-0.2, -0.15) is 8.42 Å². The summed E-state index contributed by atoms with van der Waals surface area (Å²) in [5, 5.41) is 43.0. The zero-order chi connectivity index (χ0) is 25.4. The van der Waals surface area contributed by atoms with Crippen LogP contribution in [0.4, 0.5) is 0 Å². The molecule has 1 aliphatic heterocycles. The number of nitrogens with zero attached hydrogens (tertiary/aromatic N) is 2. The Morgan fingerprint density at radius 2 is 1.85 bits per heavy atom. The number of hydrogen-bond donors (Lipinski definition) is 5. The molecule has 0 spiro atoms. The van der Waals surface area contributed by atoms with Gasteiger partial charge in [0.15, 0.2) is 0 Å². The molecule has 2 aromatic rings. The fourth-order valence-corrected chi connectivity index (χ4v) is 5.42. The molecule has 0 aliphatic carbocycles. The lowest BCUT2D eigenvalue weighted by atomic mass is 10.0. The number of aliphatic hydroxyl groups is 4. The van der Waals surface area contributed by atoms with Crippen molar-refractivity contribution in [2.45, 2.75) is 29.9 Å². The van der Waals surface area contributed by atoms with Gasteiger partial charge in [0, 0.05) is 11.8 Å². The van der Waals surface area contributed by atoms with E-state index in [1.807, 2.05) is 0 Å². The maximum Gasteiger partial charge on any atom is 0.466 e. The molecule has 190 valence electrons. The zero-order valence-electron chi connectivity index (χ0n) is 17.6. The molecule has 2 heterocycles. The zero-order valence-corrected chi connectivity index (χ0v) is 20.1. The fraction of sp³-hybridized carbons (Fsp3) is 0.471. The van der Waals surface area contributed by atoms with Crippen molar-refractivity contribution >= 4 is 48.1 Å². The van der Waals surface area contributed by atoms with Crippen molar-refractivity contribution < 1.29 is 55.6 Å². The number of aromatic nitrogens is 1. The summed E-state index contributed by atoms with van der Waals surface area (Å²) in [5.74, 6) is 0.170. The quantitative estimate of drug-likeness (QED) is 0.116. The molecule has 17 heteroatoms. The van der Waals surface area contributed by atoms with Crippen LogP contribution in [0.25, 0.3) is 10.9 Å². The number of benzene rings is 1. The van der Waals surface area contributed by atoms with Crippen molar-refractivity contribution in [3.8, 4) is 5.75 Å². The predicted molar refractivity (Wildman–Crippen MR) is 119 cm³/mol. The Morgan fingerprint density at radius 3 is 2.41 bits per heavy atom. The van der Waals surface area contributed by atoms with Crippen LogP contribution in [0.2, 0.25) is 0 Å². The first-order valence-corrected chi connectivity index (χ1v) is 13.5. The molecular formula is C17H22N2O12S3. The number of rotatable bonds is 7. The molecule has 1 saturated heterocycles. The molecule has 3 rings (SSSR count). The number of ether oxygens (including phenoxy) is 2. The number of fused-ring (bicyclic) bond motifs is 1. The van der Waals surface area contributed by atoms with Crippen LogP contribution >= 0.6 is 11.8 Å². The van der Waals surface area contributed by atoms with Gasteiger partial charge < -0.3 is 29.9 Å². The monoisotopic (exact) mass is 542 g/mol. The summed E-state index contributed by atoms with van der Waals surface area (Å²) < 4.78 is 71.8. The molecule has 1 aliphatic rings. The molecule has 0 radical (unpaired) electrons. The maximum absolute atomic E-state index is 12.4. The van der Waals surface area contributed by atoms with E-state index in [9.17, 15) is 37.3 Å². The fourth-order valence-electron chi connectivity index (χ4n) is 3.32. The highest BCUT2D eigenvalue weighted by atomic mass is 32.3. The summed E-state index contributed by atoms with van der Waals surface area (Å²) in [6.07, 6.45) is -4.43. The van der Waals surface area contributed by atoms with E-state index in [2.05, 4.69) is 9.44 Å². The molecule has 1 aromatic heterocycles. The van der Waals surface area contributed by atoms with E-state index in [4.69, 9.17) is 14.0 Å². The Kier molecular flexibility index (Phi) is 7.80. The Bertz CT molecular complexity index is 1290. The Morgan fingerprint density at radius 1 is 1.18 bits per heavy atom. The van der Waals surface area contributed by atoms with E-state index in [0.29, 0.717) is 11.8 Å². The van der Waals surface area contributed by atoms with Crippen molar-refractivity contribution in [3.05, 3.63) is 30.0 Å².